The van der Waals surface area contributed by atoms with Crippen LogP contribution in [-0.4, -0.2) is 10.1 Å². The van der Waals surface area contributed by atoms with Gasteiger partial charge in [-0.05, 0) is 26.0 Å². The van der Waals surface area contributed by atoms with E-state index in [0.29, 0.717) is 10.7 Å². The normalized spacial score (nSPS) is 11.6. The van der Waals surface area contributed by atoms with E-state index in [2.05, 4.69) is 4.98 Å². The van der Waals surface area contributed by atoms with E-state index in [-0.39, 0.29) is 0 Å². The molecule has 0 atom stereocenters. The number of rotatable bonds is 1. The fraction of sp³-hybridized carbons (Fsp3) is 0.375. The summed E-state index contributed by atoms with van der Waals surface area (Å²) >= 11 is 5.79. The van der Waals surface area contributed by atoms with Crippen molar-refractivity contribution in [3.05, 3.63) is 29.0 Å². The molecule has 3 heteroatoms. The maximum Gasteiger partial charge on any atom is 0.102 e. The van der Waals surface area contributed by atoms with Gasteiger partial charge in [0.2, 0.25) is 0 Å². The standard InChI is InChI=1S/C8H10ClNO/c1-8(2,11)7-6(9)4-3-5-10-7/h3-5,11H,1-2H3. The molecule has 0 radical (unpaired) electrons. The van der Waals surface area contributed by atoms with E-state index in [1.165, 1.54) is 0 Å². The zero-order valence-electron chi connectivity index (χ0n) is 6.50. The lowest BCUT2D eigenvalue weighted by Gasteiger charge is -2.16. The van der Waals surface area contributed by atoms with Gasteiger partial charge in [0.15, 0.2) is 0 Å². The lowest BCUT2D eigenvalue weighted by Crippen LogP contribution is -2.17. The van der Waals surface area contributed by atoms with Crippen LogP contribution in [0.25, 0.3) is 0 Å². The Morgan fingerprint density at radius 2 is 2.18 bits per heavy atom. The fourth-order valence-electron chi connectivity index (χ4n) is 0.836. The van der Waals surface area contributed by atoms with Gasteiger partial charge in [0.05, 0.1) is 10.7 Å². The zero-order valence-corrected chi connectivity index (χ0v) is 7.26. The van der Waals surface area contributed by atoms with Crippen molar-refractivity contribution in [2.24, 2.45) is 0 Å². The molecule has 0 bridgehead atoms. The Bertz CT molecular complexity index is 255. The highest BCUT2D eigenvalue weighted by molar-refractivity contribution is 6.31. The molecule has 0 aliphatic rings. The van der Waals surface area contributed by atoms with E-state index in [9.17, 15) is 5.11 Å². The Morgan fingerprint density at radius 1 is 1.55 bits per heavy atom. The van der Waals surface area contributed by atoms with Crippen molar-refractivity contribution in [1.82, 2.24) is 4.98 Å². The van der Waals surface area contributed by atoms with Crippen molar-refractivity contribution in [2.45, 2.75) is 19.4 Å². The van der Waals surface area contributed by atoms with Gasteiger partial charge in [0.1, 0.15) is 5.60 Å². The number of pyridine rings is 1. The van der Waals surface area contributed by atoms with E-state index in [0.717, 1.165) is 0 Å². The van der Waals surface area contributed by atoms with Gasteiger partial charge in [-0.25, -0.2) is 0 Å². The maximum absolute atomic E-state index is 9.52. The molecule has 0 aromatic carbocycles. The van der Waals surface area contributed by atoms with Crippen LogP contribution < -0.4 is 0 Å². The third kappa shape index (κ3) is 1.91. The molecule has 0 amide bonds. The molecule has 0 saturated carbocycles. The number of hydrogen-bond acceptors (Lipinski definition) is 2. The van der Waals surface area contributed by atoms with Crippen molar-refractivity contribution >= 4 is 11.6 Å². The van der Waals surface area contributed by atoms with Crippen LogP contribution in [0.3, 0.4) is 0 Å². The molecular weight excluding hydrogens is 162 g/mol. The monoisotopic (exact) mass is 171 g/mol. The first kappa shape index (κ1) is 8.50. The van der Waals surface area contributed by atoms with Gasteiger partial charge in [0.25, 0.3) is 0 Å². The molecule has 60 valence electrons. The highest BCUT2D eigenvalue weighted by atomic mass is 35.5. The summed E-state index contributed by atoms with van der Waals surface area (Å²) in [6, 6.07) is 3.44. The molecule has 1 aromatic rings. The summed E-state index contributed by atoms with van der Waals surface area (Å²) in [4.78, 5) is 3.97. The second-order valence-electron chi connectivity index (χ2n) is 2.89. The SMILES string of the molecule is CC(C)(O)c1ncccc1Cl. The van der Waals surface area contributed by atoms with Crippen LogP contribution in [0.1, 0.15) is 19.5 Å². The van der Waals surface area contributed by atoms with Gasteiger partial charge in [-0.2, -0.15) is 0 Å². The van der Waals surface area contributed by atoms with E-state index >= 15 is 0 Å². The third-order valence-electron chi connectivity index (χ3n) is 1.34. The van der Waals surface area contributed by atoms with Gasteiger partial charge < -0.3 is 5.11 Å². The van der Waals surface area contributed by atoms with Crippen molar-refractivity contribution < 1.29 is 5.11 Å². The van der Waals surface area contributed by atoms with Crippen LogP contribution in [0, 0.1) is 0 Å². The van der Waals surface area contributed by atoms with E-state index in [1.54, 1.807) is 32.2 Å². The molecule has 2 nitrogen and oxygen atoms in total. The quantitative estimate of drug-likeness (QED) is 0.701. The molecule has 0 saturated heterocycles. The summed E-state index contributed by atoms with van der Waals surface area (Å²) < 4.78 is 0. The number of aromatic nitrogens is 1. The molecular formula is C8H10ClNO. The minimum absolute atomic E-state index is 0.500. The Kier molecular flexibility index (Phi) is 2.16. The number of hydrogen-bond donors (Lipinski definition) is 1. The predicted octanol–water partition coefficient (Wildman–Crippen LogP) is 1.96. The van der Waals surface area contributed by atoms with Crippen molar-refractivity contribution in [3.8, 4) is 0 Å². The molecule has 1 heterocycles. The molecule has 1 aromatic heterocycles. The first-order chi connectivity index (χ1) is 5.02. The molecule has 0 aliphatic heterocycles. The van der Waals surface area contributed by atoms with Gasteiger partial charge in [-0.1, -0.05) is 11.6 Å². The molecule has 1 N–H and O–H groups in total. The summed E-state index contributed by atoms with van der Waals surface area (Å²) in [5.41, 5.74) is -0.445. The van der Waals surface area contributed by atoms with Crippen LogP contribution in [-0.2, 0) is 5.60 Å². The first-order valence-electron chi connectivity index (χ1n) is 3.35. The summed E-state index contributed by atoms with van der Waals surface area (Å²) in [5, 5.41) is 10.0. The van der Waals surface area contributed by atoms with Gasteiger partial charge in [0, 0.05) is 6.20 Å². The highest BCUT2D eigenvalue weighted by Crippen LogP contribution is 2.24. The zero-order chi connectivity index (χ0) is 8.48. The molecule has 0 unspecified atom stereocenters. The van der Waals surface area contributed by atoms with E-state index < -0.39 is 5.60 Å². The second kappa shape index (κ2) is 2.80. The largest absolute Gasteiger partial charge is 0.384 e. The second-order valence-corrected chi connectivity index (χ2v) is 3.30. The number of aliphatic hydroxyl groups is 1. The van der Waals surface area contributed by atoms with E-state index in [4.69, 9.17) is 11.6 Å². The molecule has 0 aliphatic carbocycles. The summed E-state index contributed by atoms with van der Waals surface area (Å²) in [6.07, 6.45) is 1.61. The smallest absolute Gasteiger partial charge is 0.102 e. The van der Waals surface area contributed by atoms with Crippen LogP contribution in [0.5, 0.6) is 0 Å². The molecule has 0 spiro atoms. The van der Waals surface area contributed by atoms with Gasteiger partial charge >= 0.3 is 0 Å². The third-order valence-corrected chi connectivity index (χ3v) is 1.64. The van der Waals surface area contributed by atoms with Crippen LogP contribution >= 0.6 is 11.6 Å². The fourth-order valence-corrected chi connectivity index (χ4v) is 1.19. The van der Waals surface area contributed by atoms with E-state index in [1.807, 2.05) is 0 Å². The Morgan fingerprint density at radius 3 is 2.55 bits per heavy atom. The van der Waals surface area contributed by atoms with Crippen LogP contribution in [0.15, 0.2) is 18.3 Å². The Labute approximate surface area is 70.8 Å². The van der Waals surface area contributed by atoms with Crippen molar-refractivity contribution in [1.29, 1.82) is 0 Å². The van der Waals surface area contributed by atoms with Gasteiger partial charge in [-0.15, -0.1) is 0 Å². The predicted molar refractivity (Wildman–Crippen MR) is 44.5 cm³/mol. The number of halogens is 1. The van der Waals surface area contributed by atoms with Gasteiger partial charge in [-0.3, -0.25) is 4.98 Å². The molecule has 0 fully saturated rings. The minimum Gasteiger partial charge on any atom is -0.384 e. The summed E-state index contributed by atoms with van der Waals surface area (Å²) in [5.74, 6) is 0. The van der Waals surface area contributed by atoms with Crippen LogP contribution in [0.4, 0.5) is 0 Å². The average Bonchev–Trinajstić information content (AvgIpc) is 1.86. The summed E-state index contributed by atoms with van der Waals surface area (Å²) in [6.45, 7) is 3.31. The first-order valence-corrected chi connectivity index (χ1v) is 3.73. The van der Waals surface area contributed by atoms with Crippen molar-refractivity contribution in [2.75, 3.05) is 0 Å². The lowest BCUT2D eigenvalue weighted by atomic mass is 10.1. The maximum atomic E-state index is 9.52. The van der Waals surface area contributed by atoms with Crippen molar-refractivity contribution in [3.63, 3.8) is 0 Å². The minimum atomic E-state index is -0.960. The molecule has 1 rings (SSSR count). The van der Waals surface area contributed by atoms with Crippen LogP contribution in [0.2, 0.25) is 5.02 Å². The Balaban J connectivity index is 3.14. The average molecular weight is 172 g/mol. The Hall–Kier alpha value is -0.600. The molecule has 11 heavy (non-hydrogen) atoms. The number of nitrogens with zero attached hydrogens (tertiary/aromatic N) is 1. The lowest BCUT2D eigenvalue weighted by molar-refractivity contribution is 0.0740. The highest BCUT2D eigenvalue weighted by Gasteiger charge is 2.20. The summed E-state index contributed by atoms with van der Waals surface area (Å²) in [7, 11) is 0. The topological polar surface area (TPSA) is 33.1 Å².